The van der Waals surface area contributed by atoms with E-state index in [-0.39, 0.29) is 5.56 Å². The number of hydrogen-bond donors (Lipinski definition) is 3. The number of likely N-dealkylation sites (N-methyl/N-ethyl adjacent to an activating group) is 1. The maximum absolute atomic E-state index is 13.5. The molecule has 2 amide bonds. The molecule has 7 nitrogen and oxygen atoms in total. The molecular formula is C19H18F5N3O4S. The van der Waals surface area contributed by atoms with Crippen LogP contribution in [0.3, 0.4) is 0 Å². The van der Waals surface area contributed by atoms with Crippen LogP contribution in [-0.4, -0.2) is 33.3 Å². The van der Waals surface area contributed by atoms with Crippen LogP contribution < -0.4 is 15.4 Å². The average Bonchev–Trinajstić information content (AvgIpc) is 2.72. The van der Waals surface area contributed by atoms with Crippen molar-refractivity contribution in [3.05, 3.63) is 65.2 Å². The number of nitrogens with one attached hydrogen (secondary N) is 3. The zero-order chi connectivity index (χ0) is 24.3. The first-order valence-corrected chi connectivity index (χ1v) is 10.4. The van der Waals surface area contributed by atoms with Gasteiger partial charge in [-0.25, -0.2) is 17.2 Å². The maximum Gasteiger partial charge on any atom is 0.417 e. The molecule has 13 heteroatoms. The van der Waals surface area contributed by atoms with Crippen molar-refractivity contribution in [1.29, 1.82) is 0 Å². The molecule has 0 bridgehead atoms. The topological polar surface area (TPSA) is 104 Å². The number of carbonyl (C=O) groups is 2. The van der Waals surface area contributed by atoms with Crippen LogP contribution in [0.2, 0.25) is 0 Å². The smallest absolute Gasteiger partial charge is 0.357 e. The fourth-order valence-electron chi connectivity index (χ4n) is 2.69. The first-order valence-electron chi connectivity index (χ1n) is 8.93. The Hall–Kier alpha value is -3.06. The minimum Gasteiger partial charge on any atom is -0.357 e. The second kappa shape index (κ2) is 9.61. The standard InChI is InChI=1S/C19H18F5N3O4S/c1-10(27-32(30,31)15-6-4-3-5-12(15)19(22,23)24)17(28)26-16(18(29)25-2)11-7-8-13(20)14(21)9-11/h3-10,16,27H,1-2H3,(H,25,29)(H,26,28)/t10-,16?/m0/s1. The van der Waals surface area contributed by atoms with Gasteiger partial charge in [0.2, 0.25) is 21.8 Å². The van der Waals surface area contributed by atoms with Crippen LogP contribution in [-0.2, 0) is 25.8 Å². The van der Waals surface area contributed by atoms with Gasteiger partial charge in [0.15, 0.2) is 11.6 Å². The molecule has 2 aromatic rings. The van der Waals surface area contributed by atoms with Gasteiger partial charge in [0.1, 0.15) is 6.04 Å². The van der Waals surface area contributed by atoms with Crippen molar-refractivity contribution in [2.24, 2.45) is 0 Å². The highest BCUT2D eigenvalue weighted by Gasteiger charge is 2.38. The van der Waals surface area contributed by atoms with E-state index in [9.17, 15) is 40.0 Å². The quantitative estimate of drug-likeness (QED) is 0.530. The Bertz CT molecular complexity index is 1120. The third-order valence-corrected chi connectivity index (χ3v) is 5.88. The van der Waals surface area contributed by atoms with Gasteiger partial charge in [0.05, 0.1) is 16.5 Å². The Morgan fingerprint density at radius 1 is 0.969 bits per heavy atom. The SMILES string of the molecule is CNC(=O)C(NC(=O)[C@H](C)NS(=O)(=O)c1ccccc1C(F)(F)F)c1ccc(F)c(F)c1. The van der Waals surface area contributed by atoms with Crippen molar-refractivity contribution in [1.82, 2.24) is 15.4 Å². The molecule has 0 aromatic heterocycles. The molecule has 2 aromatic carbocycles. The lowest BCUT2D eigenvalue weighted by Gasteiger charge is -2.21. The zero-order valence-electron chi connectivity index (χ0n) is 16.6. The number of halogens is 5. The Kier molecular flexibility index (Phi) is 7.57. The van der Waals surface area contributed by atoms with Crippen molar-refractivity contribution < 1.29 is 40.0 Å². The van der Waals surface area contributed by atoms with Gasteiger partial charge < -0.3 is 10.6 Å². The molecule has 2 atom stereocenters. The maximum atomic E-state index is 13.5. The van der Waals surface area contributed by atoms with E-state index in [1.54, 1.807) is 0 Å². The van der Waals surface area contributed by atoms with Gasteiger partial charge in [0, 0.05) is 7.05 Å². The summed E-state index contributed by atoms with van der Waals surface area (Å²) in [5.74, 6) is -4.42. The van der Waals surface area contributed by atoms with E-state index in [1.807, 2.05) is 4.72 Å². The van der Waals surface area contributed by atoms with Gasteiger partial charge in [-0.2, -0.15) is 17.9 Å². The fraction of sp³-hybridized carbons (Fsp3) is 0.263. The lowest BCUT2D eigenvalue weighted by molar-refractivity contribution is -0.139. The summed E-state index contributed by atoms with van der Waals surface area (Å²) < 4.78 is 92.9. The molecule has 3 N–H and O–H groups in total. The molecule has 2 rings (SSSR count). The van der Waals surface area contributed by atoms with Crippen molar-refractivity contribution >= 4 is 21.8 Å². The van der Waals surface area contributed by atoms with Crippen LogP contribution in [0.1, 0.15) is 24.1 Å². The van der Waals surface area contributed by atoms with Gasteiger partial charge in [-0.1, -0.05) is 18.2 Å². The highest BCUT2D eigenvalue weighted by atomic mass is 32.2. The Morgan fingerprint density at radius 2 is 1.59 bits per heavy atom. The van der Waals surface area contributed by atoms with Crippen molar-refractivity contribution in [3.63, 3.8) is 0 Å². The molecular weight excluding hydrogens is 461 g/mol. The highest BCUT2D eigenvalue weighted by Crippen LogP contribution is 2.33. The summed E-state index contributed by atoms with van der Waals surface area (Å²) in [7, 11) is -3.59. The molecule has 174 valence electrons. The Labute approximate surface area is 180 Å². The van der Waals surface area contributed by atoms with Crippen LogP contribution in [0.4, 0.5) is 22.0 Å². The summed E-state index contributed by atoms with van der Waals surface area (Å²) in [5, 5.41) is 4.37. The van der Waals surface area contributed by atoms with Gasteiger partial charge >= 0.3 is 6.18 Å². The minimum atomic E-state index is -4.96. The second-order valence-corrected chi connectivity index (χ2v) is 8.25. The predicted octanol–water partition coefficient (Wildman–Crippen LogP) is 2.25. The van der Waals surface area contributed by atoms with Crippen LogP contribution >= 0.6 is 0 Å². The number of rotatable bonds is 7. The van der Waals surface area contributed by atoms with Crippen LogP contribution in [0.25, 0.3) is 0 Å². The number of sulfonamides is 1. The lowest BCUT2D eigenvalue weighted by atomic mass is 10.1. The van der Waals surface area contributed by atoms with E-state index >= 15 is 0 Å². The summed E-state index contributed by atoms with van der Waals surface area (Å²) in [4.78, 5) is 23.5. The van der Waals surface area contributed by atoms with E-state index in [1.165, 1.54) is 7.05 Å². The Balaban J connectivity index is 2.27. The van der Waals surface area contributed by atoms with E-state index in [4.69, 9.17) is 0 Å². The Morgan fingerprint density at radius 3 is 2.16 bits per heavy atom. The van der Waals surface area contributed by atoms with E-state index in [0.29, 0.717) is 12.1 Å². The molecule has 0 aliphatic carbocycles. The molecule has 0 aliphatic rings. The molecule has 0 spiro atoms. The monoisotopic (exact) mass is 479 g/mol. The molecule has 0 radical (unpaired) electrons. The predicted molar refractivity (Wildman–Crippen MR) is 103 cm³/mol. The number of amides is 2. The van der Waals surface area contributed by atoms with E-state index in [0.717, 1.165) is 37.3 Å². The molecule has 0 saturated carbocycles. The van der Waals surface area contributed by atoms with Crippen molar-refractivity contribution in [2.45, 2.75) is 30.1 Å². The zero-order valence-corrected chi connectivity index (χ0v) is 17.4. The van der Waals surface area contributed by atoms with E-state index in [2.05, 4.69) is 10.6 Å². The summed E-state index contributed by atoms with van der Waals surface area (Å²) in [6.45, 7) is 1.04. The van der Waals surface area contributed by atoms with E-state index < -0.39 is 62.2 Å². The van der Waals surface area contributed by atoms with Crippen molar-refractivity contribution in [3.8, 4) is 0 Å². The van der Waals surface area contributed by atoms with Gasteiger partial charge in [-0.05, 0) is 36.8 Å². The molecule has 1 unspecified atom stereocenters. The highest BCUT2D eigenvalue weighted by molar-refractivity contribution is 7.89. The first-order chi connectivity index (χ1) is 14.8. The largest absolute Gasteiger partial charge is 0.417 e. The van der Waals surface area contributed by atoms with Crippen molar-refractivity contribution in [2.75, 3.05) is 7.05 Å². The normalized spacial score (nSPS) is 13.8. The summed E-state index contributed by atoms with van der Waals surface area (Å²) in [6.07, 6.45) is -4.96. The van der Waals surface area contributed by atoms with Crippen LogP contribution in [0.15, 0.2) is 47.4 Å². The number of hydrogen-bond acceptors (Lipinski definition) is 4. The number of alkyl halides is 3. The average molecular weight is 479 g/mol. The van der Waals surface area contributed by atoms with Gasteiger partial charge in [-0.3, -0.25) is 9.59 Å². The third-order valence-electron chi connectivity index (χ3n) is 4.28. The summed E-state index contributed by atoms with van der Waals surface area (Å²) in [6, 6.07) is 2.67. The van der Waals surface area contributed by atoms with Gasteiger partial charge in [-0.15, -0.1) is 0 Å². The number of benzene rings is 2. The fourth-order valence-corrected chi connectivity index (χ4v) is 4.12. The molecule has 0 heterocycles. The van der Waals surface area contributed by atoms with Gasteiger partial charge in [0.25, 0.3) is 0 Å². The number of carbonyl (C=O) groups excluding carboxylic acids is 2. The van der Waals surface area contributed by atoms with Crippen LogP contribution in [0.5, 0.6) is 0 Å². The second-order valence-electron chi connectivity index (χ2n) is 6.57. The molecule has 0 saturated heterocycles. The molecule has 32 heavy (non-hydrogen) atoms. The summed E-state index contributed by atoms with van der Waals surface area (Å²) in [5.41, 5.74) is -1.57. The third kappa shape index (κ3) is 5.79. The first kappa shape index (κ1) is 25.2. The molecule has 0 aliphatic heterocycles. The minimum absolute atomic E-state index is 0.144. The lowest BCUT2D eigenvalue weighted by Crippen LogP contribution is -2.48. The van der Waals surface area contributed by atoms with Crippen LogP contribution in [0, 0.1) is 11.6 Å². The summed E-state index contributed by atoms with van der Waals surface area (Å²) >= 11 is 0. The molecule has 0 fully saturated rings.